The van der Waals surface area contributed by atoms with Gasteiger partial charge >= 0.3 is 0 Å². The van der Waals surface area contributed by atoms with Gasteiger partial charge in [0, 0.05) is 37.1 Å². The van der Waals surface area contributed by atoms with Crippen LogP contribution in [0.3, 0.4) is 0 Å². The Balaban J connectivity index is 1.41. The molecule has 4 aromatic rings. The normalized spacial score (nSPS) is 19.4. The molecule has 0 bridgehead atoms. The number of fused-ring (bicyclic) bond motifs is 5. The molecule has 0 aliphatic carbocycles. The Kier molecular flexibility index (Phi) is 4.43. The van der Waals surface area contributed by atoms with Crippen molar-refractivity contribution in [2.45, 2.75) is 11.5 Å². The summed E-state index contributed by atoms with van der Waals surface area (Å²) in [5.74, 6) is 1.75. The average Bonchev–Trinajstić information content (AvgIpc) is 3.43. The maximum absolute atomic E-state index is 6.38. The van der Waals surface area contributed by atoms with E-state index < -0.39 is 0 Å². The second kappa shape index (κ2) is 7.67. The van der Waals surface area contributed by atoms with Gasteiger partial charge in [0.15, 0.2) is 5.75 Å². The zero-order valence-corrected chi connectivity index (χ0v) is 19.6. The molecule has 0 fully saturated rings. The van der Waals surface area contributed by atoms with Crippen LogP contribution in [-0.4, -0.2) is 20.2 Å². The van der Waals surface area contributed by atoms with E-state index in [0.29, 0.717) is 6.61 Å². The molecule has 4 heteroatoms. The maximum Gasteiger partial charge on any atom is 0.153 e. The standard InChI is InChI=1S/C31H26N2O2/c1-32-16-17-34-29-19-28-25(18-27(29)32)31(21-35-28)20-33(26-15-9-8-14-24(26)31)30(22-10-4-2-5-11-22)23-12-6-3-7-13-23/h2-19,30H,20-21H2,1H3. The van der Waals surface area contributed by atoms with Gasteiger partial charge in [-0.15, -0.1) is 0 Å². The van der Waals surface area contributed by atoms with Crippen LogP contribution in [0, 0.1) is 0 Å². The van der Waals surface area contributed by atoms with Gasteiger partial charge in [-0.3, -0.25) is 0 Å². The van der Waals surface area contributed by atoms with Gasteiger partial charge in [-0.1, -0.05) is 78.9 Å². The number of ether oxygens (including phenoxy) is 2. The van der Waals surface area contributed by atoms with Crippen molar-refractivity contribution in [2.24, 2.45) is 0 Å². The second-order valence-electron chi connectivity index (χ2n) is 9.57. The fourth-order valence-corrected chi connectivity index (χ4v) is 5.96. The van der Waals surface area contributed by atoms with Crippen molar-refractivity contribution < 1.29 is 9.47 Å². The Bertz CT molecular complexity index is 1390. The van der Waals surface area contributed by atoms with Gasteiger partial charge in [0.1, 0.15) is 18.6 Å². The lowest BCUT2D eigenvalue weighted by atomic mass is 9.77. The van der Waals surface area contributed by atoms with Gasteiger partial charge in [0.25, 0.3) is 0 Å². The molecule has 1 unspecified atom stereocenters. The SMILES string of the molecule is CN1C=COc2cc3c(cc21)C1(CO3)CN(C(c2ccccc2)c2ccccc2)c2ccccc21. The largest absolute Gasteiger partial charge is 0.492 e. The van der Waals surface area contributed by atoms with Gasteiger partial charge in [0.05, 0.1) is 17.1 Å². The molecule has 0 saturated carbocycles. The van der Waals surface area contributed by atoms with Gasteiger partial charge in [-0.05, 0) is 28.8 Å². The van der Waals surface area contributed by atoms with Gasteiger partial charge in [-0.2, -0.15) is 0 Å². The van der Waals surface area contributed by atoms with Crippen molar-refractivity contribution in [2.75, 3.05) is 30.0 Å². The third-order valence-corrected chi connectivity index (χ3v) is 7.62. The Morgan fingerprint density at radius 2 is 1.43 bits per heavy atom. The summed E-state index contributed by atoms with van der Waals surface area (Å²) in [5.41, 5.74) is 7.22. The van der Waals surface area contributed by atoms with Crippen LogP contribution in [0.5, 0.6) is 11.5 Å². The summed E-state index contributed by atoms with van der Waals surface area (Å²) in [7, 11) is 2.06. The molecule has 1 spiro atoms. The number of hydrogen-bond acceptors (Lipinski definition) is 4. The van der Waals surface area contributed by atoms with Crippen LogP contribution in [-0.2, 0) is 5.41 Å². The molecule has 1 atom stereocenters. The molecule has 0 aromatic heterocycles. The highest BCUT2D eigenvalue weighted by atomic mass is 16.5. The average molecular weight is 459 g/mol. The third-order valence-electron chi connectivity index (χ3n) is 7.62. The molecule has 0 saturated heterocycles. The maximum atomic E-state index is 6.38. The summed E-state index contributed by atoms with van der Waals surface area (Å²) in [6, 6.07) is 34.9. The fraction of sp³-hybridized carbons (Fsp3) is 0.161. The van der Waals surface area contributed by atoms with Crippen molar-refractivity contribution in [3.05, 3.63) is 132 Å². The van der Waals surface area contributed by atoms with E-state index in [1.54, 1.807) is 6.26 Å². The molecular formula is C31H26N2O2. The van der Waals surface area contributed by atoms with Crippen LogP contribution in [0.1, 0.15) is 28.3 Å². The highest BCUT2D eigenvalue weighted by Crippen LogP contribution is 2.56. The summed E-state index contributed by atoms with van der Waals surface area (Å²) in [4.78, 5) is 4.68. The topological polar surface area (TPSA) is 24.9 Å². The van der Waals surface area contributed by atoms with E-state index >= 15 is 0 Å². The first-order valence-corrected chi connectivity index (χ1v) is 12.1. The number of benzene rings is 4. The Morgan fingerprint density at radius 3 is 2.17 bits per heavy atom. The number of rotatable bonds is 3. The minimum atomic E-state index is -0.245. The predicted molar refractivity (Wildman–Crippen MR) is 139 cm³/mol. The van der Waals surface area contributed by atoms with E-state index in [0.717, 1.165) is 23.7 Å². The van der Waals surface area contributed by atoms with Crippen molar-refractivity contribution in [1.29, 1.82) is 0 Å². The monoisotopic (exact) mass is 458 g/mol. The molecule has 3 aliphatic heterocycles. The van der Waals surface area contributed by atoms with Crippen molar-refractivity contribution in [3.63, 3.8) is 0 Å². The first-order chi connectivity index (χ1) is 17.2. The van der Waals surface area contributed by atoms with Crippen LogP contribution in [0.25, 0.3) is 0 Å². The van der Waals surface area contributed by atoms with Crippen LogP contribution in [0.4, 0.5) is 11.4 Å². The minimum Gasteiger partial charge on any atom is -0.492 e. The Labute approximate surface area is 205 Å². The molecule has 7 rings (SSSR count). The summed E-state index contributed by atoms with van der Waals surface area (Å²) in [6.45, 7) is 1.46. The molecule has 172 valence electrons. The molecule has 4 aromatic carbocycles. The van der Waals surface area contributed by atoms with Gasteiger partial charge in [0.2, 0.25) is 0 Å². The molecule has 35 heavy (non-hydrogen) atoms. The van der Waals surface area contributed by atoms with E-state index in [1.807, 2.05) is 6.20 Å². The quantitative estimate of drug-likeness (QED) is 0.361. The smallest absolute Gasteiger partial charge is 0.153 e. The molecule has 0 amide bonds. The zero-order valence-electron chi connectivity index (χ0n) is 19.6. The van der Waals surface area contributed by atoms with E-state index in [1.165, 1.54) is 27.9 Å². The van der Waals surface area contributed by atoms with Crippen molar-refractivity contribution >= 4 is 11.4 Å². The van der Waals surface area contributed by atoms with Crippen LogP contribution in [0.2, 0.25) is 0 Å². The molecule has 3 aliphatic rings. The molecule has 0 radical (unpaired) electrons. The summed E-state index contributed by atoms with van der Waals surface area (Å²) in [6.07, 6.45) is 3.67. The molecule has 3 heterocycles. The summed E-state index contributed by atoms with van der Waals surface area (Å²) in [5, 5.41) is 0. The van der Waals surface area contributed by atoms with E-state index in [-0.39, 0.29) is 11.5 Å². The molecule has 0 N–H and O–H groups in total. The number of nitrogens with zero attached hydrogens (tertiary/aromatic N) is 2. The highest BCUT2D eigenvalue weighted by Gasteiger charge is 2.51. The van der Waals surface area contributed by atoms with Gasteiger partial charge < -0.3 is 19.3 Å². The molecule has 4 nitrogen and oxygen atoms in total. The second-order valence-corrected chi connectivity index (χ2v) is 9.57. The predicted octanol–water partition coefficient (Wildman–Crippen LogP) is 6.27. The van der Waals surface area contributed by atoms with Crippen molar-refractivity contribution in [1.82, 2.24) is 0 Å². The van der Waals surface area contributed by atoms with Crippen LogP contribution >= 0.6 is 0 Å². The highest BCUT2D eigenvalue weighted by molar-refractivity contribution is 5.75. The van der Waals surface area contributed by atoms with Crippen LogP contribution in [0.15, 0.2) is 110 Å². The number of hydrogen-bond donors (Lipinski definition) is 0. The van der Waals surface area contributed by atoms with Crippen molar-refractivity contribution in [3.8, 4) is 11.5 Å². The summed E-state index contributed by atoms with van der Waals surface area (Å²) >= 11 is 0. The van der Waals surface area contributed by atoms with Gasteiger partial charge in [-0.25, -0.2) is 0 Å². The minimum absolute atomic E-state index is 0.105. The van der Waals surface area contributed by atoms with E-state index in [9.17, 15) is 0 Å². The lowest BCUT2D eigenvalue weighted by molar-refractivity contribution is 0.297. The van der Waals surface area contributed by atoms with Crippen LogP contribution < -0.4 is 19.3 Å². The number of para-hydroxylation sites is 1. The van der Waals surface area contributed by atoms with E-state index in [4.69, 9.17) is 9.47 Å². The fourth-order valence-electron chi connectivity index (χ4n) is 5.96. The lowest BCUT2D eigenvalue weighted by Crippen LogP contribution is -2.38. The molecular weight excluding hydrogens is 432 g/mol. The Morgan fingerprint density at radius 1 is 0.743 bits per heavy atom. The lowest BCUT2D eigenvalue weighted by Gasteiger charge is -2.33. The zero-order chi connectivity index (χ0) is 23.4. The summed E-state index contributed by atoms with van der Waals surface area (Å²) < 4.78 is 12.2. The first-order valence-electron chi connectivity index (χ1n) is 12.1. The third kappa shape index (κ3) is 2.99. The number of anilines is 2. The Hall–Kier alpha value is -4.18. The van der Waals surface area contributed by atoms with E-state index in [2.05, 4.69) is 114 Å². The first kappa shape index (κ1) is 20.2.